The number of benzene rings is 1. The van der Waals surface area contributed by atoms with Gasteiger partial charge in [-0.1, -0.05) is 23.8 Å². The van der Waals surface area contributed by atoms with Crippen LogP contribution in [0.1, 0.15) is 16.7 Å². The Morgan fingerprint density at radius 3 is 2.79 bits per heavy atom. The number of hydrogen-bond donors (Lipinski definition) is 1. The smallest absolute Gasteiger partial charge is 0.235 e. The van der Waals surface area contributed by atoms with E-state index in [4.69, 9.17) is 11.6 Å². The van der Waals surface area contributed by atoms with E-state index in [0.717, 1.165) is 5.56 Å². The molecule has 0 aliphatic carbocycles. The number of carbonyl (C=O) groups excluding carboxylic acids is 1. The highest BCUT2D eigenvalue weighted by molar-refractivity contribution is 6.27. The molecule has 0 saturated carbocycles. The Morgan fingerprint density at radius 2 is 2.14 bits per heavy atom. The molecule has 2 nitrogen and oxygen atoms in total. The molecule has 3 heteroatoms. The third-order valence-corrected chi connectivity index (χ3v) is 2.34. The van der Waals surface area contributed by atoms with Gasteiger partial charge in [-0.25, -0.2) is 0 Å². The molecule has 0 fully saturated rings. The quantitative estimate of drug-likeness (QED) is 0.763. The summed E-state index contributed by atoms with van der Waals surface area (Å²) in [5.74, 6) is -0.113. The van der Waals surface area contributed by atoms with Crippen LogP contribution in [0.5, 0.6) is 0 Å². The molecule has 0 unspecified atom stereocenters. The molecule has 14 heavy (non-hydrogen) atoms. The summed E-state index contributed by atoms with van der Waals surface area (Å²) >= 11 is 5.38. The fraction of sp³-hybridized carbons (Fsp3) is 0.364. The van der Waals surface area contributed by atoms with E-state index in [1.165, 1.54) is 11.1 Å². The van der Waals surface area contributed by atoms with Gasteiger partial charge in [-0.05, 0) is 25.0 Å². The second kappa shape index (κ2) is 5.01. The lowest BCUT2D eigenvalue weighted by atomic mass is 10.1. The summed E-state index contributed by atoms with van der Waals surface area (Å²) in [5.41, 5.74) is 3.53. The largest absolute Gasteiger partial charge is 0.351 e. The van der Waals surface area contributed by atoms with Crippen LogP contribution >= 0.6 is 11.6 Å². The van der Waals surface area contributed by atoms with Gasteiger partial charge < -0.3 is 5.32 Å². The minimum Gasteiger partial charge on any atom is -0.351 e. The molecular weight excluding hydrogens is 198 g/mol. The van der Waals surface area contributed by atoms with Crippen molar-refractivity contribution in [2.24, 2.45) is 0 Å². The molecule has 0 saturated heterocycles. The molecular formula is C11H14ClNO. The average molecular weight is 212 g/mol. The third kappa shape index (κ3) is 3.04. The summed E-state index contributed by atoms with van der Waals surface area (Å²) in [7, 11) is 0. The number of alkyl halides is 1. The zero-order valence-corrected chi connectivity index (χ0v) is 9.19. The van der Waals surface area contributed by atoms with Crippen LogP contribution in [-0.2, 0) is 11.3 Å². The summed E-state index contributed by atoms with van der Waals surface area (Å²) in [5, 5.41) is 2.75. The van der Waals surface area contributed by atoms with Crippen molar-refractivity contribution in [2.75, 3.05) is 5.88 Å². The van der Waals surface area contributed by atoms with Crippen LogP contribution in [0.4, 0.5) is 0 Å². The summed E-state index contributed by atoms with van der Waals surface area (Å²) in [6.07, 6.45) is 0. The fourth-order valence-corrected chi connectivity index (χ4v) is 1.33. The molecule has 0 radical (unpaired) electrons. The Bertz CT molecular complexity index is 336. The highest BCUT2D eigenvalue weighted by Crippen LogP contribution is 2.09. The summed E-state index contributed by atoms with van der Waals surface area (Å²) in [6.45, 7) is 4.62. The van der Waals surface area contributed by atoms with Crippen LogP contribution < -0.4 is 5.32 Å². The number of aryl methyl sites for hydroxylation is 2. The predicted molar refractivity (Wildman–Crippen MR) is 58.5 cm³/mol. The van der Waals surface area contributed by atoms with Gasteiger partial charge in [0.25, 0.3) is 0 Å². The lowest BCUT2D eigenvalue weighted by Gasteiger charge is -2.07. The highest BCUT2D eigenvalue weighted by atomic mass is 35.5. The molecule has 0 heterocycles. The minimum atomic E-state index is -0.132. The van der Waals surface area contributed by atoms with Crippen LogP contribution in [0.25, 0.3) is 0 Å². The van der Waals surface area contributed by atoms with Gasteiger partial charge >= 0.3 is 0 Å². The first-order valence-electron chi connectivity index (χ1n) is 4.52. The molecule has 1 amide bonds. The maximum atomic E-state index is 10.9. The molecule has 0 aliphatic heterocycles. The molecule has 1 aromatic rings. The van der Waals surface area contributed by atoms with Gasteiger partial charge in [-0.3, -0.25) is 4.79 Å². The van der Waals surface area contributed by atoms with Crippen molar-refractivity contribution in [3.8, 4) is 0 Å². The van der Waals surface area contributed by atoms with E-state index in [9.17, 15) is 4.79 Å². The number of carbonyl (C=O) groups is 1. The summed E-state index contributed by atoms with van der Waals surface area (Å²) < 4.78 is 0. The molecule has 0 aliphatic rings. The SMILES string of the molecule is Cc1ccc(C)c(CNC(=O)CCl)c1. The van der Waals surface area contributed by atoms with E-state index in [1.807, 2.05) is 13.8 Å². The minimum absolute atomic E-state index is 0.0187. The molecule has 0 spiro atoms. The van der Waals surface area contributed by atoms with Gasteiger partial charge in [0.2, 0.25) is 5.91 Å². The van der Waals surface area contributed by atoms with E-state index < -0.39 is 0 Å². The van der Waals surface area contributed by atoms with Gasteiger partial charge in [0, 0.05) is 6.54 Å². The molecule has 0 aromatic heterocycles. The number of rotatable bonds is 3. The topological polar surface area (TPSA) is 29.1 Å². The first-order valence-corrected chi connectivity index (χ1v) is 5.05. The van der Waals surface area contributed by atoms with Crippen molar-refractivity contribution in [3.63, 3.8) is 0 Å². The van der Waals surface area contributed by atoms with Crippen LogP contribution in [0.2, 0.25) is 0 Å². The maximum Gasteiger partial charge on any atom is 0.235 e. The number of amides is 1. The van der Waals surface area contributed by atoms with Crippen molar-refractivity contribution in [3.05, 3.63) is 34.9 Å². The van der Waals surface area contributed by atoms with Gasteiger partial charge in [0.1, 0.15) is 5.88 Å². The maximum absolute atomic E-state index is 10.9. The first-order chi connectivity index (χ1) is 6.63. The molecule has 0 bridgehead atoms. The lowest BCUT2D eigenvalue weighted by molar-refractivity contribution is -0.118. The van der Waals surface area contributed by atoms with Crippen molar-refractivity contribution < 1.29 is 4.79 Å². The monoisotopic (exact) mass is 211 g/mol. The molecule has 1 N–H and O–H groups in total. The van der Waals surface area contributed by atoms with E-state index >= 15 is 0 Å². The van der Waals surface area contributed by atoms with Crippen molar-refractivity contribution in [1.29, 1.82) is 0 Å². The van der Waals surface area contributed by atoms with E-state index in [-0.39, 0.29) is 11.8 Å². The van der Waals surface area contributed by atoms with E-state index in [1.54, 1.807) is 0 Å². The van der Waals surface area contributed by atoms with E-state index in [2.05, 4.69) is 23.5 Å². The van der Waals surface area contributed by atoms with Crippen LogP contribution in [0.3, 0.4) is 0 Å². The Hall–Kier alpha value is -1.02. The normalized spacial score (nSPS) is 9.93. The van der Waals surface area contributed by atoms with Crippen molar-refractivity contribution in [2.45, 2.75) is 20.4 Å². The predicted octanol–water partition coefficient (Wildman–Crippen LogP) is 2.16. The van der Waals surface area contributed by atoms with Gasteiger partial charge in [-0.2, -0.15) is 0 Å². The second-order valence-corrected chi connectivity index (χ2v) is 3.61. The summed E-state index contributed by atoms with van der Waals surface area (Å²) in [6, 6.07) is 6.18. The highest BCUT2D eigenvalue weighted by Gasteiger charge is 2.01. The Labute approximate surface area is 89.3 Å². The van der Waals surface area contributed by atoms with Crippen molar-refractivity contribution >= 4 is 17.5 Å². The number of nitrogens with one attached hydrogen (secondary N) is 1. The second-order valence-electron chi connectivity index (χ2n) is 3.34. The fourth-order valence-electron chi connectivity index (χ4n) is 1.23. The van der Waals surface area contributed by atoms with Crippen LogP contribution in [-0.4, -0.2) is 11.8 Å². The molecule has 1 aromatic carbocycles. The van der Waals surface area contributed by atoms with Gasteiger partial charge in [0.15, 0.2) is 0 Å². The standard InChI is InChI=1S/C11H14ClNO/c1-8-3-4-9(2)10(5-8)7-13-11(14)6-12/h3-5H,6-7H2,1-2H3,(H,13,14). The zero-order chi connectivity index (χ0) is 10.6. The summed E-state index contributed by atoms with van der Waals surface area (Å²) in [4.78, 5) is 10.9. The number of halogens is 1. The first kappa shape index (κ1) is 11.1. The van der Waals surface area contributed by atoms with Gasteiger partial charge in [-0.15, -0.1) is 11.6 Å². The van der Waals surface area contributed by atoms with Crippen molar-refractivity contribution in [1.82, 2.24) is 5.32 Å². The number of hydrogen-bond acceptors (Lipinski definition) is 1. The van der Waals surface area contributed by atoms with Crippen LogP contribution in [0.15, 0.2) is 18.2 Å². The Morgan fingerprint density at radius 1 is 1.43 bits per heavy atom. The van der Waals surface area contributed by atoms with Gasteiger partial charge in [0.05, 0.1) is 0 Å². The third-order valence-electron chi connectivity index (χ3n) is 2.10. The molecule has 76 valence electrons. The van der Waals surface area contributed by atoms with Crippen LogP contribution in [0, 0.1) is 13.8 Å². The molecule has 1 rings (SSSR count). The van der Waals surface area contributed by atoms with E-state index in [0.29, 0.717) is 6.54 Å². The average Bonchev–Trinajstić information content (AvgIpc) is 2.19. The lowest BCUT2D eigenvalue weighted by Crippen LogP contribution is -2.24. The zero-order valence-electron chi connectivity index (χ0n) is 8.43. The Kier molecular flexibility index (Phi) is 3.96. The molecule has 0 atom stereocenters. The Balaban J connectivity index is 2.66.